The van der Waals surface area contributed by atoms with Crippen LogP contribution in [0.2, 0.25) is 0 Å². The number of carbonyl (C=O) groups excluding carboxylic acids is 1. The topological polar surface area (TPSA) is 88.4 Å². The number of likely N-dealkylation sites (tertiary alicyclic amines) is 1. The third-order valence-electron chi connectivity index (χ3n) is 5.94. The maximum Gasteiger partial charge on any atom is 0.410 e. The van der Waals surface area contributed by atoms with Crippen molar-refractivity contribution in [3.05, 3.63) is 28.1 Å². The summed E-state index contributed by atoms with van der Waals surface area (Å²) in [6.07, 6.45) is 1.63. The number of hydrogen-bond donors (Lipinski definition) is 0. The molecule has 1 amide bonds. The van der Waals surface area contributed by atoms with Crippen LogP contribution in [0.3, 0.4) is 0 Å². The van der Waals surface area contributed by atoms with Crippen molar-refractivity contribution in [2.24, 2.45) is 5.92 Å². The Balaban J connectivity index is 1.49. The van der Waals surface area contributed by atoms with Gasteiger partial charge in [-0.15, -0.1) is 0 Å². The number of amides is 1. The Bertz CT molecular complexity index is 828. The molecule has 0 aromatic heterocycles. The Hall–Kier alpha value is -2.62. The predicted octanol–water partition coefficient (Wildman–Crippen LogP) is 3.51. The van der Waals surface area contributed by atoms with Crippen molar-refractivity contribution in [3.8, 4) is 5.75 Å². The summed E-state index contributed by atoms with van der Waals surface area (Å²) in [6, 6.07) is 2.34. The molecule has 0 atom stereocenters. The van der Waals surface area contributed by atoms with E-state index >= 15 is 0 Å². The van der Waals surface area contributed by atoms with Gasteiger partial charge in [0.25, 0.3) is 0 Å². The molecule has 1 aromatic carbocycles. The van der Waals surface area contributed by atoms with Crippen LogP contribution < -0.4 is 9.64 Å². The molecule has 0 aliphatic carbocycles. The fraction of sp³-hybridized carbons (Fsp3) is 0.682. The van der Waals surface area contributed by atoms with Crippen molar-refractivity contribution in [1.29, 1.82) is 0 Å². The fourth-order valence-corrected chi connectivity index (χ4v) is 4.24. The molecule has 2 saturated heterocycles. The van der Waals surface area contributed by atoms with Crippen LogP contribution in [-0.2, 0) is 4.74 Å². The van der Waals surface area contributed by atoms with Crippen molar-refractivity contribution in [2.45, 2.75) is 39.2 Å². The zero-order valence-corrected chi connectivity index (χ0v) is 19.3. The van der Waals surface area contributed by atoms with Gasteiger partial charge in [0, 0.05) is 51.9 Å². The molecule has 2 aliphatic heterocycles. The van der Waals surface area contributed by atoms with Crippen LogP contribution in [0, 0.1) is 21.8 Å². The molecule has 0 bridgehead atoms. The normalized spacial score (nSPS) is 18.5. The highest BCUT2D eigenvalue weighted by atomic mass is 19.1. The minimum Gasteiger partial charge on any atom is -0.490 e. The van der Waals surface area contributed by atoms with Gasteiger partial charge in [0.1, 0.15) is 5.60 Å². The summed E-state index contributed by atoms with van der Waals surface area (Å²) in [5, 5.41) is 11.1. The molecule has 0 saturated carbocycles. The molecule has 2 heterocycles. The summed E-state index contributed by atoms with van der Waals surface area (Å²) >= 11 is 0. The lowest BCUT2D eigenvalue weighted by Gasteiger charge is -2.39. The van der Waals surface area contributed by atoms with Crippen molar-refractivity contribution in [3.63, 3.8) is 0 Å². The lowest BCUT2D eigenvalue weighted by atomic mass is 9.96. The summed E-state index contributed by atoms with van der Waals surface area (Å²) in [4.78, 5) is 28.7. The van der Waals surface area contributed by atoms with Gasteiger partial charge in [0.05, 0.1) is 23.8 Å². The minimum absolute atomic E-state index is 0.0607. The molecule has 9 nitrogen and oxygen atoms in total. The highest BCUT2D eigenvalue weighted by Gasteiger charge is 2.29. The average molecular weight is 453 g/mol. The summed E-state index contributed by atoms with van der Waals surface area (Å²) in [7, 11) is 1.34. The van der Waals surface area contributed by atoms with Gasteiger partial charge in [0.2, 0.25) is 0 Å². The smallest absolute Gasteiger partial charge is 0.410 e. The highest BCUT2D eigenvalue weighted by molar-refractivity contribution is 5.68. The summed E-state index contributed by atoms with van der Waals surface area (Å²) in [5.41, 5.74) is -0.524. The average Bonchev–Trinajstić information content (AvgIpc) is 2.73. The molecular formula is C22H33FN4O5. The van der Waals surface area contributed by atoms with E-state index in [1.54, 1.807) is 4.90 Å². The van der Waals surface area contributed by atoms with E-state index in [0.29, 0.717) is 37.8 Å². The molecule has 1 aromatic rings. The van der Waals surface area contributed by atoms with Gasteiger partial charge in [-0.2, -0.15) is 0 Å². The largest absolute Gasteiger partial charge is 0.490 e. The van der Waals surface area contributed by atoms with Crippen LogP contribution in [0.5, 0.6) is 5.75 Å². The third-order valence-corrected chi connectivity index (χ3v) is 5.94. The number of ether oxygens (including phenoxy) is 2. The Morgan fingerprint density at radius 1 is 1.16 bits per heavy atom. The van der Waals surface area contributed by atoms with E-state index in [-0.39, 0.29) is 17.5 Å². The number of rotatable bonds is 5. The molecule has 0 unspecified atom stereocenters. The third kappa shape index (κ3) is 5.99. The van der Waals surface area contributed by atoms with E-state index < -0.39 is 16.3 Å². The molecular weight excluding hydrogens is 419 g/mol. The number of anilines is 1. The van der Waals surface area contributed by atoms with Crippen LogP contribution in [-0.4, -0.2) is 79.3 Å². The van der Waals surface area contributed by atoms with Gasteiger partial charge < -0.3 is 19.3 Å². The van der Waals surface area contributed by atoms with Gasteiger partial charge in [-0.3, -0.25) is 15.0 Å². The van der Waals surface area contributed by atoms with Gasteiger partial charge in [-0.1, -0.05) is 0 Å². The quantitative estimate of drug-likeness (QED) is 0.499. The van der Waals surface area contributed by atoms with Crippen LogP contribution in [0.4, 0.5) is 20.6 Å². The second-order valence-corrected chi connectivity index (χ2v) is 9.43. The number of nitro groups is 1. The van der Waals surface area contributed by atoms with Crippen molar-refractivity contribution < 1.29 is 23.6 Å². The number of halogens is 1. The van der Waals surface area contributed by atoms with Gasteiger partial charge in [-0.05, 0) is 39.5 Å². The predicted molar refractivity (Wildman–Crippen MR) is 119 cm³/mol. The number of hydrogen-bond acceptors (Lipinski definition) is 7. The Morgan fingerprint density at radius 3 is 2.31 bits per heavy atom. The minimum atomic E-state index is -0.641. The van der Waals surface area contributed by atoms with Gasteiger partial charge in [0.15, 0.2) is 11.6 Å². The van der Waals surface area contributed by atoms with Crippen molar-refractivity contribution in [1.82, 2.24) is 9.80 Å². The first-order valence-corrected chi connectivity index (χ1v) is 11.0. The SMILES string of the molecule is COc1cc(N2CCN(CC3CCN(C(=O)OC(C)(C)C)CC3)CC2)c(F)cc1[N+](=O)[O-]. The zero-order valence-electron chi connectivity index (χ0n) is 19.3. The molecule has 0 N–H and O–H groups in total. The number of piperazine rings is 1. The lowest BCUT2D eigenvalue weighted by Crippen LogP contribution is -2.49. The van der Waals surface area contributed by atoms with Crippen LogP contribution in [0.1, 0.15) is 33.6 Å². The van der Waals surface area contributed by atoms with E-state index in [0.717, 1.165) is 38.5 Å². The van der Waals surface area contributed by atoms with Crippen molar-refractivity contribution >= 4 is 17.5 Å². The number of benzene rings is 1. The molecule has 0 radical (unpaired) electrons. The molecule has 3 rings (SSSR count). The molecule has 0 spiro atoms. The van der Waals surface area contributed by atoms with E-state index in [2.05, 4.69) is 4.90 Å². The highest BCUT2D eigenvalue weighted by Crippen LogP contribution is 2.34. The van der Waals surface area contributed by atoms with Crippen LogP contribution in [0.15, 0.2) is 12.1 Å². The Morgan fingerprint density at radius 2 is 1.78 bits per heavy atom. The lowest BCUT2D eigenvalue weighted by molar-refractivity contribution is -0.385. The molecule has 2 aliphatic rings. The maximum absolute atomic E-state index is 14.5. The van der Waals surface area contributed by atoms with E-state index in [1.807, 2.05) is 25.7 Å². The molecule has 10 heteroatoms. The van der Waals surface area contributed by atoms with Gasteiger partial charge >= 0.3 is 11.8 Å². The van der Waals surface area contributed by atoms with Crippen molar-refractivity contribution in [2.75, 3.05) is 57.8 Å². The number of nitrogens with zero attached hydrogens (tertiary/aromatic N) is 4. The van der Waals surface area contributed by atoms with E-state index in [9.17, 15) is 19.3 Å². The number of methoxy groups -OCH3 is 1. The second-order valence-electron chi connectivity index (χ2n) is 9.43. The fourth-order valence-electron chi connectivity index (χ4n) is 4.24. The number of piperidine rings is 1. The summed E-state index contributed by atoms with van der Waals surface area (Å²) in [6.45, 7) is 10.8. The van der Waals surface area contributed by atoms with E-state index in [4.69, 9.17) is 9.47 Å². The Labute approximate surface area is 188 Å². The van der Waals surface area contributed by atoms with Crippen LogP contribution in [0.25, 0.3) is 0 Å². The van der Waals surface area contributed by atoms with Crippen LogP contribution >= 0.6 is 0 Å². The first-order valence-electron chi connectivity index (χ1n) is 11.0. The maximum atomic E-state index is 14.5. The number of carbonyl (C=O) groups is 1. The molecule has 32 heavy (non-hydrogen) atoms. The zero-order chi connectivity index (χ0) is 23.5. The monoisotopic (exact) mass is 452 g/mol. The first kappa shape index (κ1) is 24.0. The first-order chi connectivity index (χ1) is 15.1. The molecule has 178 valence electrons. The molecule has 2 fully saturated rings. The Kier molecular flexibility index (Phi) is 7.43. The standard InChI is InChI=1S/C22H33FN4O5/c1-22(2,3)32-21(28)26-7-5-16(6-8-26)15-24-9-11-25(12-10-24)18-14-20(31-4)19(27(29)30)13-17(18)23/h13-14,16H,5-12,15H2,1-4H3. The second kappa shape index (κ2) is 9.89. The summed E-state index contributed by atoms with van der Waals surface area (Å²) < 4.78 is 25.1. The number of nitro benzene ring substituents is 1. The van der Waals surface area contributed by atoms with Gasteiger partial charge in [-0.25, -0.2) is 9.18 Å². The van der Waals surface area contributed by atoms with E-state index in [1.165, 1.54) is 13.2 Å². The summed E-state index contributed by atoms with van der Waals surface area (Å²) in [5.74, 6) is -0.0394.